The first-order chi connectivity index (χ1) is 10.8. The summed E-state index contributed by atoms with van der Waals surface area (Å²) in [5, 5.41) is 12.9. The van der Waals surface area contributed by atoms with Gasteiger partial charge in [-0.15, -0.1) is 10.2 Å². The fourth-order valence-electron chi connectivity index (χ4n) is 2.66. The van der Waals surface area contributed by atoms with Crippen LogP contribution in [0.2, 0.25) is 0 Å². The quantitative estimate of drug-likeness (QED) is 0.629. The summed E-state index contributed by atoms with van der Waals surface area (Å²) in [4.78, 5) is 4.61. The Morgan fingerprint density at radius 3 is 2.59 bits per heavy atom. The number of nitrogens with one attached hydrogen (secondary N) is 1. The van der Waals surface area contributed by atoms with E-state index in [0.717, 1.165) is 22.1 Å². The molecular weight excluding hydrogens is 274 g/mol. The van der Waals surface area contributed by atoms with Crippen molar-refractivity contribution in [3.63, 3.8) is 0 Å². The fraction of sp³-hybridized carbons (Fsp3) is 0.118. The lowest BCUT2D eigenvalue weighted by Crippen LogP contribution is -2.05. The van der Waals surface area contributed by atoms with Gasteiger partial charge in [0, 0.05) is 19.0 Å². The Morgan fingerprint density at radius 1 is 0.955 bits per heavy atom. The summed E-state index contributed by atoms with van der Waals surface area (Å²) in [5.41, 5.74) is 3.97. The third kappa shape index (κ3) is 2.07. The number of hydrogen-bond donors (Lipinski definition) is 1. The maximum Gasteiger partial charge on any atom is 0.245 e. The van der Waals surface area contributed by atoms with Crippen LogP contribution >= 0.6 is 0 Å². The van der Waals surface area contributed by atoms with Crippen molar-refractivity contribution in [2.45, 2.75) is 6.54 Å². The summed E-state index contributed by atoms with van der Waals surface area (Å²) in [6.45, 7) is 0.679. The topological polar surface area (TPSA) is 55.6 Å². The van der Waals surface area contributed by atoms with Gasteiger partial charge in [0.2, 0.25) is 5.95 Å². The van der Waals surface area contributed by atoms with Crippen LogP contribution in [-0.4, -0.2) is 19.7 Å². The van der Waals surface area contributed by atoms with Crippen LogP contribution in [0, 0.1) is 0 Å². The molecule has 0 bridgehead atoms. The Bertz CT molecular complexity index is 943. The molecule has 0 atom stereocenters. The molecule has 0 saturated carbocycles. The number of para-hydroxylation sites is 1. The summed E-state index contributed by atoms with van der Waals surface area (Å²) < 4.78 is 2.05. The van der Waals surface area contributed by atoms with Crippen molar-refractivity contribution in [1.29, 1.82) is 0 Å². The van der Waals surface area contributed by atoms with E-state index >= 15 is 0 Å². The minimum absolute atomic E-state index is 0.544. The first-order valence-electron chi connectivity index (χ1n) is 7.18. The van der Waals surface area contributed by atoms with E-state index < -0.39 is 0 Å². The van der Waals surface area contributed by atoms with E-state index in [-0.39, 0.29) is 0 Å². The minimum Gasteiger partial charge on any atom is -0.349 e. The number of rotatable bonds is 3. The maximum atomic E-state index is 4.61. The second-order valence-electron chi connectivity index (χ2n) is 5.22. The fourth-order valence-corrected chi connectivity index (χ4v) is 2.66. The number of aryl methyl sites for hydroxylation is 1. The van der Waals surface area contributed by atoms with Gasteiger partial charge in [0.1, 0.15) is 5.52 Å². The van der Waals surface area contributed by atoms with Crippen LogP contribution in [0.4, 0.5) is 5.95 Å². The van der Waals surface area contributed by atoms with Crippen LogP contribution in [-0.2, 0) is 13.6 Å². The molecule has 0 fully saturated rings. The second-order valence-corrected chi connectivity index (χ2v) is 5.22. The number of aromatic nitrogens is 4. The van der Waals surface area contributed by atoms with Gasteiger partial charge in [-0.05, 0) is 11.6 Å². The highest BCUT2D eigenvalue weighted by Gasteiger charge is 2.11. The molecule has 2 heterocycles. The highest BCUT2D eigenvalue weighted by molar-refractivity contribution is 6.04. The molecule has 22 heavy (non-hydrogen) atoms. The number of anilines is 1. The third-order valence-electron chi connectivity index (χ3n) is 3.80. The van der Waals surface area contributed by atoms with E-state index in [1.165, 1.54) is 5.56 Å². The zero-order chi connectivity index (χ0) is 14.9. The summed E-state index contributed by atoms with van der Waals surface area (Å²) >= 11 is 0. The molecule has 4 aromatic rings. The molecule has 0 spiro atoms. The van der Waals surface area contributed by atoms with E-state index in [4.69, 9.17) is 0 Å². The van der Waals surface area contributed by atoms with E-state index in [0.29, 0.717) is 12.5 Å². The number of fused-ring (bicyclic) bond motifs is 3. The predicted octanol–water partition coefficient (Wildman–Crippen LogP) is 3.13. The molecule has 0 aliphatic rings. The molecule has 5 heteroatoms. The van der Waals surface area contributed by atoms with Gasteiger partial charge in [-0.1, -0.05) is 48.5 Å². The van der Waals surface area contributed by atoms with E-state index in [1.807, 2.05) is 48.0 Å². The van der Waals surface area contributed by atoms with Gasteiger partial charge in [0.15, 0.2) is 5.65 Å². The molecule has 0 saturated heterocycles. The molecule has 1 N–H and O–H groups in total. The van der Waals surface area contributed by atoms with E-state index in [1.54, 1.807) is 0 Å². The molecule has 0 aliphatic heterocycles. The zero-order valence-corrected chi connectivity index (χ0v) is 12.2. The van der Waals surface area contributed by atoms with Crippen LogP contribution in [0.25, 0.3) is 22.1 Å². The Hall–Kier alpha value is -2.95. The summed E-state index contributed by atoms with van der Waals surface area (Å²) in [5.74, 6) is 0.544. The monoisotopic (exact) mass is 289 g/mol. The van der Waals surface area contributed by atoms with Crippen molar-refractivity contribution in [3.05, 3.63) is 60.2 Å². The molecule has 2 aromatic carbocycles. The van der Waals surface area contributed by atoms with Gasteiger partial charge in [-0.25, -0.2) is 0 Å². The van der Waals surface area contributed by atoms with Crippen molar-refractivity contribution >= 4 is 28.0 Å². The van der Waals surface area contributed by atoms with Gasteiger partial charge in [0.05, 0.1) is 5.52 Å². The second kappa shape index (κ2) is 5.11. The van der Waals surface area contributed by atoms with E-state index in [2.05, 4.69) is 38.7 Å². The van der Waals surface area contributed by atoms with Gasteiger partial charge >= 0.3 is 0 Å². The largest absolute Gasteiger partial charge is 0.349 e. The normalized spacial score (nSPS) is 11.1. The summed E-state index contributed by atoms with van der Waals surface area (Å²) in [6, 6.07) is 18.3. The van der Waals surface area contributed by atoms with Crippen molar-refractivity contribution in [3.8, 4) is 0 Å². The van der Waals surface area contributed by atoms with Crippen LogP contribution in [0.3, 0.4) is 0 Å². The van der Waals surface area contributed by atoms with Crippen molar-refractivity contribution in [2.75, 3.05) is 5.32 Å². The Kier molecular flexibility index (Phi) is 2.96. The lowest BCUT2D eigenvalue weighted by atomic mass is 10.2. The van der Waals surface area contributed by atoms with Crippen LogP contribution in [0.15, 0.2) is 54.6 Å². The molecule has 108 valence electrons. The van der Waals surface area contributed by atoms with E-state index in [9.17, 15) is 0 Å². The van der Waals surface area contributed by atoms with Crippen molar-refractivity contribution in [1.82, 2.24) is 19.7 Å². The molecule has 0 amide bonds. The first kappa shape index (κ1) is 12.8. The average Bonchev–Trinajstić information content (AvgIpc) is 2.87. The van der Waals surface area contributed by atoms with Gasteiger partial charge in [-0.2, -0.15) is 4.98 Å². The molecule has 0 radical (unpaired) electrons. The molecule has 4 rings (SSSR count). The third-order valence-corrected chi connectivity index (χ3v) is 3.80. The van der Waals surface area contributed by atoms with Gasteiger partial charge in [-0.3, -0.25) is 0 Å². The Morgan fingerprint density at radius 2 is 1.73 bits per heavy atom. The first-order valence-corrected chi connectivity index (χ1v) is 7.18. The van der Waals surface area contributed by atoms with Crippen LogP contribution in [0.5, 0.6) is 0 Å². The van der Waals surface area contributed by atoms with Gasteiger partial charge in [0.25, 0.3) is 0 Å². The number of benzene rings is 2. The lowest BCUT2D eigenvalue weighted by molar-refractivity contribution is 0.939. The Balaban J connectivity index is 1.71. The van der Waals surface area contributed by atoms with Gasteiger partial charge < -0.3 is 9.88 Å². The SMILES string of the molecule is Cn1c2ccccc2c2nnc(NCc3ccccc3)nc21. The van der Waals surface area contributed by atoms with Crippen LogP contribution < -0.4 is 5.32 Å². The summed E-state index contributed by atoms with van der Waals surface area (Å²) in [7, 11) is 2.00. The predicted molar refractivity (Wildman–Crippen MR) is 87.6 cm³/mol. The smallest absolute Gasteiger partial charge is 0.245 e. The van der Waals surface area contributed by atoms with Crippen molar-refractivity contribution in [2.24, 2.45) is 7.05 Å². The zero-order valence-electron chi connectivity index (χ0n) is 12.2. The average molecular weight is 289 g/mol. The highest BCUT2D eigenvalue weighted by Crippen LogP contribution is 2.24. The molecule has 2 aromatic heterocycles. The van der Waals surface area contributed by atoms with Crippen LogP contribution in [0.1, 0.15) is 5.56 Å². The minimum atomic E-state index is 0.544. The number of hydrogen-bond acceptors (Lipinski definition) is 4. The summed E-state index contributed by atoms with van der Waals surface area (Å²) in [6.07, 6.45) is 0. The van der Waals surface area contributed by atoms with Crippen molar-refractivity contribution < 1.29 is 0 Å². The molecule has 5 nitrogen and oxygen atoms in total. The highest BCUT2D eigenvalue weighted by atomic mass is 15.3. The standard InChI is InChI=1S/C17H15N5/c1-22-14-10-6-5-9-13(14)15-16(22)19-17(21-20-15)18-11-12-7-3-2-4-8-12/h2-10H,11H2,1H3,(H,18,19,21). The maximum absolute atomic E-state index is 4.61. The molecule has 0 unspecified atom stereocenters. The Labute approximate surface area is 127 Å². The molecular formula is C17H15N5. The number of nitrogens with zero attached hydrogens (tertiary/aromatic N) is 4. The lowest BCUT2D eigenvalue weighted by Gasteiger charge is -2.04. The molecule has 0 aliphatic carbocycles.